The van der Waals surface area contributed by atoms with Gasteiger partial charge < -0.3 is 4.74 Å². The second-order valence-electron chi connectivity index (χ2n) is 4.18. The SMILES string of the molecule is Clc1ccc(CCCCCC2CO2)cc1. The van der Waals surface area contributed by atoms with Gasteiger partial charge in [-0.05, 0) is 37.0 Å². The molecule has 0 saturated carbocycles. The zero-order valence-electron chi connectivity index (χ0n) is 8.92. The number of epoxide rings is 1. The smallest absolute Gasteiger partial charge is 0.0810 e. The number of hydrogen-bond acceptors (Lipinski definition) is 1. The van der Waals surface area contributed by atoms with Crippen molar-refractivity contribution in [2.45, 2.75) is 38.2 Å². The molecule has 1 atom stereocenters. The molecule has 1 nitrogen and oxygen atoms in total. The van der Waals surface area contributed by atoms with E-state index < -0.39 is 0 Å². The van der Waals surface area contributed by atoms with Crippen LogP contribution >= 0.6 is 11.6 Å². The van der Waals surface area contributed by atoms with E-state index in [1.54, 1.807) is 0 Å². The fourth-order valence-corrected chi connectivity index (χ4v) is 1.89. The van der Waals surface area contributed by atoms with Crippen molar-refractivity contribution in [3.63, 3.8) is 0 Å². The quantitative estimate of drug-likeness (QED) is 0.528. The van der Waals surface area contributed by atoms with Gasteiger partial charge in [-0.2, -0.15) is 0 Å². The average molecular weight is 225 g/mol. The minimum Gasteiger partial charge on any atom is -0.373 e. The van der Waals surface area contributed by atoms with Gasteiger partial charge in [0.1, 0.15) is 0 Å². The Morgan fingerprint density at radius 2 is 1.87 bits per heavy atom. The molecule has 1 unspecified atom stereocenters. The molecule has 1 aromatic carbocycles. The molecule has 0 bridgehead atoms. The lowest BCUT2D eigenvalue weighted by atomic mass is 10.1. The van der Waals surface area contributed by atoms with Crippen LogP contribution in [-0.4, -0.2) is 12.7 Å². The third-order valence-electron chi connectivity index (χ3n) is 2.81. The summed E-state index contributed by atoms with van der Waals surface area (Å²) in [7, 11) is 0. The molecule has 0 radical (unpaired) electrons. The highest BCUT2D eigenvalue weighted by atomic mass is 35.5. The normalized spacial score (nSPS) is 19.1. The first-order valence-corrected chi connectivity index (χ1v) is 6.08. The molecule has 0 aliphatic carbocycles. The number of unbranched alkanes of at least 4 members (excludes halogenated alkanes) is 2. The van der Waals surface area contributed by atoms with Crippen LogP contribution in [0.3, 0.4) is 0 Å². The lowest BCUT2D eigenvalue weighted by molar-refractivity contribution is 0.388. The predicted octanol–water partition coefficient (Wildman–Crippen LogP) is 3.84. The fourth-order valence-electron chi connectivity index (χ4n) is 1.76. The maximum absolute atomic E-state index is 5.82. The van der Waals surface area contributed by atoms with E-state index in [9.17, 15) is 0 Å². The molecule has 1 saturated heterocycles. The average Bonchev–Trinajstić information content (AvgIpc) is 3.04. The number of rotatable bonds is 6. The minimum absolute atomic E-state index is 0.598. The Bertz CT molecular complexity index is 290. The summed E-state index contributed by atoms with van der Waals surface area (Å²) in [4.78, 5) is 0. The summed E-state index contributed by atoms with van der Waals surface area (Å²) >= 11 is 5.82. The van der Waals surface area contributed by atoms with Crippen molar-refractivity contribution in [1.29, 1.82) is 0 Å². The zero-order chi connectivity index (χ0) is 10.5. The van der Waals surface area contributed by atoms with Gasteiger partial charge in [0.05, 0.1) is 12.7 Å². The second-order valence-corrected chi connectivity index (χ2v) is 4.62. The van der Waals surface area contributed by atoms with Crippen molar-refractivity contribution in [2.24, 2.45) is 0 Å². The lowest BCUT2D eigenvalue weighted by Gasteiger charge is -2.01. The van der Waals surface area contributed by atoms with Crippen LogP contribution in [-0.2, 0) is 11.2 Å². The Balaban J connectivity index is 1.58. The van der Waals surface area contributed by atoms with Crippen LogP contribution in [0.25, 0.3) is 0 Å². The maximum Gasteiger partial charge on any atom is 0.0810 e. The third kappa shape index (κ3) is 4.23. The summed E-state index contributed by atoms with van der Waals surface area (Å²) in [6.45, 7) is 0.997. The molecule has 15 heavy (non-hydrogen) atoms. The van der Waals surface area contributed by atoms with Crippen LogP contribution < -0.4 is 0 Å². The van der Waals surface area contributed by atoms with Gasteiger partial charge in [-0.1, -0.05) is 36.6 Å². The van der Waals surface area contributed by atoms with Gasteiger partial charge in [-0.25, -0.2) is 0 Å². The Kier molecular flexibility index (Phi) is 4.04. The summed E-state index contributed by atoms with van der Waals surface area (Å²) in [5.41, 5.74) is 1.39. The summed E-state index contributed by atoms with van der Waals surface area (Å²) in [5, 5.41) is 0.824. The molecule has 0 N–H and O–H groups in total. The van der Waals surface area contributed by atoms with Gasteiger partial charge in [0.25, 0.3) is 0 Å². The highest BCUT2D eigenvalue weighted by Gasteiger charge is 2.20. The lowest BCUT2D eigenvalue weighted by Crippen LogP contribution is -1.88. The molecule has 1 aliphatic heterocycles. The van der Waals surface area contributed by atoms with E-state index in [0.717, 1.165) is 11.6 Å². The highest BCUT2D eigenvalue weighted by Crippen LogP contribution is 2.18. The molecular formula is C13H17ClO. The van der Waals surface area contributed by atoms with Gasteiger partial charge in [0.15, 0.2) is 0 Å². The Morgan fingerprint density at radius 3 is 2.53 bits per heavy atom. The molecule has 82 valence electrons. The van der Waals surface area contributed by atoms with Crippen LogP contribution in [0.1, 0.15) is 31.2 Å². The zero-order valence-corrected chi connectivity index (χ0v) is 9.67. The minimum atomic E-state index is 0.598. The van der Waals surface area contributed by atoms with Gasteiger partial charge in [-0.15, -0.1) is 0 Å². The van der Waals surface area contributed by atoms with E-state index in [4.69, 9.17) is 16.3 Å². The maximum atomic E-state index is 5.82. The van der Waals surface area contributed by atoms with Crippen molar-refractivity contribution in [1.82, 2.24) is 0 Å². The molecule has 1 fully saturated rings. The van der Waals surface area contributed by atoms with Crippen molar-refractivity contribution in [3.8, 4) is 0 Å². The molecule has 2 rings (SSSR count). The molecule has 0 aromatic heterocycles. The van der Waals surface area contributed by atoms with E-state index >= 15 is 0 Å². The van der Waals surface area contributed by atoms with E-state index in [1.165, 1.54) is 37.7 Å². The summed E-state index contributed by atoms with van der Waals surface area (Å²) in [6.07, 6.45) is 6.90. The Labute approximate surface area is 96.4 Å². The summed E-state index contributed by atoms with van der Waals surface area (Å²) < 4.78 is 5.17. The van der Waals surface area contributed by atoms with Crippen LogP contribution in [0.15, 0.2) is 24.3 Å². The van der Waals surface area contributed by atoms with Crippen molar-refractivity contribution >= 4 is 11.6 Å². The van der Waals surface area contributed by atoms with Crippen LogP contribution in [0.4, 0.5) is 0 Å². The number of aryl methyl sites for hydroxylation is 1. The first-order valence-electron chi connectivity index (χ1n) is 5.70. The van der Waals surface area contributed by atoms with E-state index in [0.29, 0.717) is 6.10 Å². The van der Waals surface area contributed by atoms with Crippen LogP contribution in [0.2, 0.25) is 5.02 Å². The highest BCUT2D eigenvalue weighted by molar-refractivity contribution is 6.30. The van der Waals surface area contributed by atoms with Crippen molar-refractivity contribution in [2.75, 3.05) is 6.61 Å². The summed E-state index contributed by atoms with van der Waals surface area (Å²) in [5.74, 6) is 0. The monoisotopic (exact) mass is 224 g/mol. The van der Waals surface area contributed by atoms with Crippen LogP contribution in [0, 0.1) is 0 Å². The summed E-state index contributed by atoms with van der Waals surface area (Å²) in [6, 6.07) is 8.17. The predicted molar refractivity (Wildman–Crippen MR) is 63.4 cm³/mol. The van der Waals surface area contributed by atoms with Crippen LogP contribution in [0.5, 0.6) is 0 Å². The topological polar surface area (TPSA) is 12.5 Å². The first-order chi connectivity index (χ1) is 7.34. The number of ether oxygens (including phenoxy) is 1. The molecule has 1 aromatic rings. The largest absolute Gasteiger partial charge is 0.373 e. The van der Waals surface area contributed by atoms with E-state index in [-0.39, 0.29) is 0 Å². The number of benzene rings is 1. The Hall–Kier alpha value is -0.530. The van der Waals surface area contributed by atoms with Gasteiger partial charge >= 0.3 is 0 Å². The van der Waals surface area contributed by atoms with Gasteiger partial charge in [-0.3, -0.25) is 0 Å². The second kappa shape index (κ2) is 5.53. The van der Waals surface area contributed by atoms with Gasteiger partial charge in [0, 0.05) is 5.02 Å². The fraction of sp³-hybridized carbons (Fsp3) is 0.538. The third-order valence-corrected chi connectivity index (χ3v) is 3.06. The van der Waals surface area contributed by atoms with E-state index in [1.807, 2.05) is 12.1 Å². The molecule has 2 heteroatoms. The molecular weight excluding hydrogens is 208 g/mol. The number of hydrogen-bond donors (Lipinski definition) is 0. The van der Waals surface area contributed by atoms with Gasteiger partial charge in [0.2, 0.25) is 0 Å². The molecule has 1 heterocycles. The first kappa shape index (κ1) is 11.0. The van der Waals surface area contributed by atoms with Crippen molar-refractivity contribution < 1.29 is 4.74 Å². The van der Waals surface area contributed by atoms with Crippen molar-refractivity contribution in [3.05, 3.63) is 34.9 Å². The van der Waals surface area contributed by atoms with E-state index in [2.05, 4.69) is 12.1 Å². The molecule has 0 spiro atoms. The standard InChI is InChI=1S/C13H17ClO/c14-12-8-6-11(7-9-12)4-2-1-3-5-13-10-15-13/h6-9,13H,1-5,10H2. The number of halogens is 1. The molecule has 0 amide bonds. The molecule has 1 aliphatic rings. The Morgan fingerprint density at radius 1 is 1.13 bits per heavy atom.